The summed E-state index contributed by atoms with van der Waals surface area (Å²) in [7, 11) is 0. The molecule has 3 aliphatic rings. The Bertz CT molecular complexity index is 1410. The van der Waals surface area contributed by atoms with Gasteiger partial charge < -0.3 is 5.11 Å². The van der Waals surface area contributed by atoms with E-state index in [1.807, 2.05) is 24.3 Å². The van der Waals surface area contributed by atoms with Crippen LogP contribution in [0.1, 0.15) is 68.6 Å². The van der Waals surface area contributed by atoms with Crippen molar-refractivity contribution in [1.82, 2.24) is 15.2 Å². The normalized spacial score (nSPS) is 24.8. The number of nitrogens with zero attached hydrogens (tertiary/aromatic N) is 5. The van der Waals surface area contributed by atoms with Crippen LogP contribution < -0.4 is 0 Å². The lowest BCUT2D eigenvalue weighted by molar-refractivity contribution is 0.243. The SMILES string of the molecule is C[C@@H](O)C1=NN=C(c2cccc([C@@]34CC[C@@H](c5cc(-c6c(F)cccc6F)nnc53)C4(C)C)n2)C1. The van der Waals surface area contributed by atoms with Gasteiger partial charge in [0.25, 0.3) is 0 Å². The van der Waals surface area contributed by atoms with E-state index in [0.717, 1.165) is 41.2 Å². The number of aliphatic hydroxyl groups is 1. The molecular formula is C27H25F2N5O. The summed E-state index contributed by atoms with van der Waals surface area (Å²) < 4.78 is 29.0. The summed E-state index contributed by atoms with van der Waals surface area (Å²) in [6.45, 7) is 6.11. The number of halogens is 2. The van der Waals surface area contributed by atoms with E-state index < -0.39 is 23.2 Å². The zero-order valence-electron chi connectivity index (χ0n) is 19.8. The molecule has 3 heterocycles. The molecule has 1 saturated carbocycles. The van der Waals surface area contributed by atoms with Gasteiger partial charge in [-0.25, -0.2) is 8.78 Å². The third-order valence-electron chi connectivity index (χ3n) is 8.21. The van der Waals surface area contributed by atoms with E-state index in [1.54, 1.807) is 6.92 Å². The topological polar surface area (TPSA) is 83.6 Å². The Hall–Kier alpha value is -3.39. The van der Waals surface area contributed by atoms with E-state index in [1.165, 1.54) is 18.2 Å². The minimum atomic E-state index is -0.655. The van der Waals surface area contributed by atoms with Gasteiger partial charge in [0.15, 0.2) is 0 Å². The van der Waals surface area contributed by atoms with Crippen molar-refractivity contribution in [2.45, 2.75) is 57.5 Å². The molecule has 6 rings (SSSR count). The molecule has 1 fully saturated rings. The van der Waals surface area contributed by atoms with Crippen LogP contribution in [0.15, 0.2) is 52.7 Å². The molecule has 1 N–H and O–H groups in total. The molecule has 6 nitrogen and oxygen atoms in total. The highest BCUT2D eigenvalue weighted by Crippen LogP contribution is 2.69. The lowest BCUT2D eigenvalue weighted by atomic mass is 9.66. The summed E-state index contributed by atoms with van der Waals surface area (Å²) >= 11 is 0. The average molecular weight is 474 g/mol. The molecule has 2 aromatic heterocycles. The number of rotatable bonds is 4. The van der Waals surface area contributed by atoms with Gasteiger partial charge >= 0.3 is 0 Å². The fraction of sp³-hybridized carbons (Fsp3) is 0.370. The molecule has 35 heavy (non-hydrogen) atoms. The van der Waals surface area contributed by atoms with E-state index in [-0.39, 0.29) is 22.6 Å². The van der Waals surface area contributed by atoms with Crippen LogP contribution in [0.25, 0.3) is 11.3 Å². The third-order valence-corrected chi connectivity index (χ3v) is 8.21. The maximum Gasteiger partial charge on any atom is 0.135 e. The van der Waals surface area contributed by atoms with Crippen molar-refractivity contribution in [2.24, 2.45) is 15.6 Å². The predicted molar refractivity (Wildman–Crippen MR) is 128 cm³/mol. The molecule has 3 aromatic rings. The summed E-state index contributed by atoms with van der Waals surface area (Å²) in [5.41, 5.74) is 4.13. The van der Waals surface area contributed by atoms with Crippen LogP contribution >= 0.6 is 0 Å². The van der Waals surface area contributed by atoms with Gasteiger partial charge in [-0.1, -0.05) is 26.0 Å². The first-order valence-electron chi connectivity index (χ1n) is 11.9. The quantitative estimate of drug-likeness (QED) is 0.581. The second-order valence-corrected chi connectivity index (χ2v) is 10.2. The Balaban J connectivity index is 1.45. The Morgan fingerprint density at radius 3 is 2.46 bits per heavy atom. The van der Waals surface area contributed by atoms with Crippen molar-refractivity contribution in [3.05, 3.63) is 76.7 Å². The third kappa shape index (κ3) is 2.99. The van der Waals surface area contributed by atoms with Gasteiger partial charge in [-0.3, -0.25) is 4.98 Å². The smallest absolute Gasteiger partial charge is 0.135 e. The van der Waals surface area contributed by atoms with E-state index in [4.69, 9.17) is 4.98 Å². The molecule has 0 spiro atoms. The largest absolute Gasteiger partial charge is 0.387 e. The fourth-order valence-electron chi connectivity index (χ4n) is 6.33. The summed E-state index contributed by atoms with van der Waals surface area (Å²) in [5, 5.41) is 27.1. The van der Waals surface area contributed by atoms with Gasteiger partial charge in [-0.15, -0.1) is 5.10 Å². The van der Waals surface area contributed by atoms with Gasteiger partial charge in [0.2, 0.25) is 0 Å². The zero-order valence-corrected chi connectivity index (χ0v) is 19.8. The lowest BCUT2D eigenvalue weighted by Gasteiger charge is -2.37. The van der Waals surface area contributed by atoms with Crippen LogP contribution in [-0.2, 0) is 5.41 Å². The van der Waals surface area contributed by atoms with E-state index in [9.17, 15) is 13.9 Å². The minimum Gasteiger partial charge on any atom is -0.387 e. The van der Waals surface area contributed by atoms with Crippen molar-refractivity contribution in [1.29, 1.82) is 0 Å². The summed E-state index contributed by atoms with van der Waals surface area (Å²) in [6.07, 6.45) is 1.59. The van der Waals surface area contributed by atoms with E-state index in [0.29, 0.717) is 12.1 Å². The predicted octanol–water partition coefficient (Wildman–Crippen LogP) is 4.95. The van der Waals surface area contributed by atoms with Crippen LogP contribution in [0.5, 0.6) is 0 Å². The Morgan fingerprint density at radius 2 is 1.74 bits per heavy atom. The van der Waals surface area contributed by atoms with Crippen LogP contribution in [0, 0.1) is 17.0 Å². The molecule has 3 atom stereocenters. The molecule has 178 valence electrons. The molecule has 1 aliphatic heterocycles. The minimum absolute atomic E-state index is 0.147. The number of hydrogen-bond donors (Lipinski definition) is 1. The number of aliphatic hydroxyl groups excluding tert-OH is 1. The van der Waals surface area contributed by atoms with Crippen molar-refractivity contribution < 1.29 is 13.9 Å². The zero-order chi connectivity index (χ0) is 24.5. The molecule has 1 aromatic carbocycles. The molecule has 0 amide bonds. The molecule has 0 unspecified atom stereocenters. The van der Waals surface area contributed by atoms with Gasteiger partial charge in [0, 0.05) is 6.42 Å². The van der Waals surface area contributed by atoms with Gasteiger partial charge in [-0.2, -0.15) is 15.3 Å². The Kier molecular flexibility index (Phi) is 4.77. The lowest BCUT2D eigenvalue weighted by Crippen LogP contribution is -2.38. The van der Waals surface area contributed by atoms with Gasteiger partial charge in [0.05, 0.1) is 51.3 Å². The molecule has 0 radical (unpaired) electrons. The maximum absolute atomic E-state index is 14.5. The van der Waals surface area contributed by atoms with E-state index >= 15 is 0 Å². The first kappa shape index (κ1) is 22.1. The van der Waals surface area contributed by atoms with Crippen LogP contribution in [0.4, 0.5) is 8.78 Å². The van der Waals surface area contributed by atoms with Gasteiger partial charge in [0.1, 0.15) is 11.6 Å². The first-order chi connectivity index (χ1) is 16.7. The molecular weight excluding hydrogens is 448 g/mol. The highest BCUT2D eigenvalue weighted by Gasteiger charge is 2.65. The monoisotopic (exact) mass is 473 g/mol. The number of benzene rings is 1. The van der Waals surface area contributed by atoms with Crippen molar-refractivity contribution in [3.8, 4) is 11.3 Å². The molecule has 2 aliphatic carbocycles. The second kappa shape index (κ2) is 7.55. The summed E-state index contributed by atoms with van der Waals surface area (Å²) in [6, 6.07) is 11.5. The standard InChI is InChI=1S/C27H25F2N5O/c1-14(35)20-13-21(32-31-20)19-8-5-9-23(30-19)27-11-10-16(26(27,2)3)15-12-22(33-34-25(15)27)24-17(28)6-4-7-18(24)29/h4-9,12,14,16,35H,10-11,13H2,1-3H3/t14-,16+,27+/m1/s1. The summed E-state index contributed by atoms with van der Waals surface area (Å²) in [5.74, 6) is -1.13. The van der Waals surface area contributed by atoms with Crippen LogP contribution in [0.3, 0.4) is 0 Å². The van der Waals surface area contributed by atoms with Crippen molar-refractivity contribution in [2.75, 3.05) is 0 Å². The van der Waals surface area contributed by atoms with Crippen LogP contribution in [-0.4, -0.2) is 37.8 Å². The van der Waals surface area contributed by atoms with Crippen molar-refractivity contribution >= 4 is 11.4 Å². The highest BCUT2D eigenvalue weighted by atomic mass is 19.1. The maximum atomic E-state index is 14.5. The van der Waals surface area contributed by atoms with E-state index in [2.05, 4.69) is 34.2 Å². The average Bonchev–Trinajstić information content (AvgIpc) is 3.48. The number of fused-ring (bicyclic) bond motifs is 5. The number of pyridine rings is 1. The van der Waals surface area contributed by atoms with Crippen LogP contribution in [0.2, 0.25) is 0 Å². The summed E-state index contributed by atoms with van der Waals surface area (Å²) in [4.78, 5) is 5.03. The first-order valence-corrected chi connectivity index (χ1v) is 11.9. The number of aromatic nitrogens is 3. The highest BCUT2D eigenvalue weighted by molar-refractivity contribution is 6.15. The molecule has 0 saturated heterocycles. The van der Waals surface area contributed by atoms with Crippen molar-refractivity contribution in [3.63, 3.8) is 0 Å². The Morgan fingerprint density at radius 1 is 1.00 bits per heavy atom. The fourth-order valence-corrected chi connectivity index (χ4v) is 6.33. The second-order valence-electron chi connectivity index (χ2n) is 10.2. The molecule has 8 heteroatoms. The molecule has 2 bridgehead atoms. The Labute approximate surface area is 201 Å². The van der Waals surface area contributed by atoms with Gasteiger partial charge in [-0.05, 0) is 67.0 Å². The number of hydrogen-bond acceptors (Lipinski definition) is 6.